The largest absolute Gasteiger partial charge is 0.647 e. The molecule has 0 aromatic carbocycles. The van der Waals surface area contributed by atoms with Crippen molar-refractivity contribution in [1.82, 2.24) is 0 Å². The van der Waals surface area contributed by atoms with Crippen molar-refractivity contribution in [2.75, 3.05) is 7.11 Å². The second-order valence-electron chi connectivity index (χ2n) is 0.632. The van der Waals surface area contributed by atoms with Gasteiger partial charge in [0, 0.05) is 7.11 Å². The first kappa shape index (κ1) is 6.42. The Labute approximate surface area is 44.9 Å². The molecule has 3 nitrogen and oxygen atoms in total. The van der Waals surface area contributed by atoms with E-state index < -0.39 is 7.32 Å². The predicted octanol–water partition coefficient (Wildman–Crippen LogP) is -0.0635. The van der Waals surface area contributed by atoms with Crippen molar-refractivity contribution in [2.45, 2.75) is 0 Å². The van der Waals surface area contributed by atoms with E-state index in [1.54, 1.807) is 0 Å². The summed E-state index contributed by atoms with van der Waals surface area (Å²) in [6.07, 6.45) is 0. The number of hydrogen-bond acceptors (Lipinski definition) is 3. The molecule has 6 heavy (non-hydrogen) atoms. The second kappa shape index (κ2) is 3.61. The van der Waals surface area contributed by atoms with Gasteiger partial charge < -0.3 is 13.4 Å². The number of rotatable bonds is 2. The molecule has 1 N–H and O–H groups in total. The summed E-state index contributed by atoms with van der Waals surface area (Å²) in [5.74, 6) is 0. The summed E-state index contributed by atoms with van der Waals surface area (Å²) in [4.78, 5) is 0. The zero-order chi connectivity index (χ0) is 4.99. The highest BCUT2D eigenvalue weighted by Gasteiger charge is 2.08. The van der Waals surface area contributed by atoms with Gasteiger partial charge >= 0.3 is 7.32 Å². The molecular formula is CH4BBrO3. The van der Waals surface area contributed by atoms with E-state index in [1.165, 1.54) is 7.11 Å². The van der Waals surface area contributed by atoms with Gasteiger partial charge in [0.25, 0.3) is 0 Å². The van der Waals surface area contributed by atoms with Crippen LogP contribution in [0, 0.1) is 0 Å². The van der Waals surface area contributed by atoms with Crippen molar-refractivity contribution in [3.63, 3.8) is 0 Å². The molecule has 0 unspecified atom stereocenters. The normalized spacial score (nSPS) is 8.50. The maximum absolute atomic E-state index is 8.18. The van der Waals surface area contributed by atoms with Crippen molar-refractivity contribution in [3.8, 4) is 0 Å². The molecule has 0 aromatic rings. The molecule has 5 heteroatoms. The quantitative estimate of drug-likeness (QED) is 0.567. The van der Waals surface area contributed by atoms with Crippen LogP contribution in [0.2, 0.25) is 0 Å². The monoisotopic (exact) mass is 154 g/mol. The van der Waals surface area contributed by atoms with E-state index >= 15 is 0 Å². The molecule has 0 saturated heterocycles. The highest BCUT2D eigenvalue weighted by molar-refractivity contribution is 9.06. The Kier molecular flexibility index (Phi) is 3.86. The summed E-state index contributed by atoms with van der Waals surface area (Å²) < 4.78 is 8.23. The minimum Gasteiger partial charge on any atom is -0.401 e. The number of halogens is 1. The first-order valence-electron chi connectivity index (χ1n) is 1.29. The van der Waals surface area contributed by atoms with E-state index in [0.717, 1.165) is 0 Å². The van der Waals surface area contributed by atoms with Gasteiger partial charge in [-0.05, 0) is 0 Å². The van der Waals surface area contributed by atoms with Crippen LogP contribution in [0.25, 0.3) is 0 Å². The fraction of sp³-hybridized carbons (Fsp3) is 1.00. The van der Waals surface area contributed by atoms with Crippen molar-refractivity contribution in [1.29, 1.82) is 0 Å². The first-order valence-corrected chi connectivity index (χ1v) is 1.94. The highest BCUT2D eigenvalue weighted by atomic mass is 79.9. The van der Waals surface area contributed by atoms with Crippen molar-refractivity contribution in [2.24, 2.45) is 0 Å². The maximum atomic E-state index is 8.18. The third-order valence-corrected chi connectivity index (χ3v) is 0.598. The average Bonchev–Trinajstić information content (AvgIpc) is 1.65. The van der Waals surface area contributed by atoms with Gasteiger partial charge in [0.05, 0.1) is 16.3 Å². The molecule has 0 bridgehead atoms. The molecule has 0 aromatic heterocycles. The van der Waals surface area contributed by atoms with Crippen molar-refractivity contribution < 1.29 is 13.4 Å². The fourth-order valence-electron chi connectivity index (χ4n) is 0.0364. The van der Waals surface area contributed by atoms with Gasteiger partial charge in [-0.2, -0.15) is 0 Å². The summed E-state index contributed by atoms with van der Waals surface area (Å²) in [6.45, 7) is 0. The Morgan fingerprint density at radius 1 is 1.83 bits per heavy atom. The third-order valence-electron chi connectivity index (χ3n) is 0.278. The summed E-state index contributed by atoms with van der Waals surface area (Å²) in [7, 11) is 0.177. The van der Waals surface area contributed by atoms with E-state index in [9.17, 15) is 0 Å². The van der Waals surface area contributed by atoms with Gasteiger partial charge in [-0.1, -0.05) is 0 Å². The molecule has 0 spiro atoms. The van der Waals surface area contributed by atoms with E-state index in [1.807, 2.05) is 0 Å². The average molecular weight is 155 g/mol. The van der Waals surface area contributed by atoms with Crippen LogP contribution < -0.4 is 0 Å². The van der Waals surface area contributed by atoms with Gasteiger partial charge in [-0.15, -0.1) is 0 Å². The van der Waals surface area contributed by atoms with Crippen LogP contribution in [0.4, 0.5) is 0 Å². The van der Waals surface area contributed by atoms with Gasteiger partial charge in [0.2, 0.25) is 0 Å². The summed E-state index contributed by atoms with van der Waals surface area (Å²) in [5.41, 5.74) is 0. The Morgan fingerprint density at radius 2 is 2.33 bits per heavy atom. The first-order chi connectivity index (χ1) is 2.81. The minimum absolute atomic E-state index is 1.15. The van der Waals surface area contributed by atoms with Gasteiger partial charge in [0.1, 0.15) is 0 Å². The Balaban J connectivity index is 2.75. The molecule has 0 aliphatic carbocycles. The van der Waals surface area contributed by atoms with Gasteiger partial charge in [0.15, 0.2) is 0 Å². The smallest absolute Gasteiger partial charge is 0.401 e. The van der Waals surface area contributed by atoms with Crippen molar-refractivity contribution in [3.05, 3.63) is 0 Å². The maximum Gasteiger partial charge on any atom is 0.647 e. The van der Waals surface area contributed by atoms with Crippen LogP contribution >= 0.6 is 16.3 Å². The lowest BCUT2D eigenvalue weighted by Gasteiger charge is -1.91. The zero-order valence-electron chi connectivity index (χ0n) is 3.22. The lowest BCUT2D eigenvalue weighted by atomic mass is 10.3. The Bertz CT molecular complexity index is 30.0. The molecule has 0 fully saturated rings. The van der Waals surface area contributed by atoms with Gasteiger partial charge in [-0.25, -0.2) is 0 Å². The van der Waals surface area contributed by atoms with E-state index in [2.05, 4.69) is 24.7 Å². The highest BCUT2D eigenvalue weighted by Crippen LogP contribution is 1.86. The molecule has 0 amide bonds. The topological polar surface area (TPSA) is 38.7 Å². The molecule has 0 aliphatic rings. The molecule has 0 saturated carbocycles. The summed E-state index contributed by atoms with van der Waals surface area (Å²) in [5, 5.41) is 8.18. The molecule has 0 rings (SSSR count). The lowest BCUT2D eigenvalue weighted by molar-refractivity contribution is 0.257. The van der Waals surface area contributed by atoms with Crippen LogP contribution in [0.3, 0.4) is 0 Å². The van der Waals surface area contributed by atoms with E-state index in [-0.39, 0.29) is 0 Å². The number of hydrogen-bond donors (Lipinski definition) is 1. The van der Waals surface area contributed by atoms with Crippen LogP contribution in [0.15, 0.2) is 0 Å². The van der Waals surface area contributed by atoms with E-state index in [4.69, 9.17) is 5.02 Å². The second-order valence-corrected chi connectivity index (χ2v) is 1.01. The van der Waals surface area contributed by atoms with Crippen LogP contribution in [0.5, 0.6) is 0 Å². The third kappa shape index (κ3) is 2.65. The van der Waals surface area contributed by atoms with Crippen LogP contribution in [0.1, 0.15) is 0 Å². The predicted molar refractivity (Wildman–Crippen MR) is 25.0 cm³/mol. The standard InChI is InChI=1S/CH4BBrO3/c1-5-2(4)6-3/h4H,1H3. The molecule has 0 radical (unpaired) electrons. The van der Waals surface area contributed by atoms with E-state index in [0.29, 0.717) is 0 Å². The zero-order valence-corrected chi connectivity index (χ0v) is 4.81. The fourth-order valence-corrected chi connectivity index (χ4v) is 0.189. The minimum atomic E-state index is -1.15. The summed E-state index contributed by atoms with van der Waals surface area (Å²) in [6, 6.07) is 0. The van der Waals surface area contributed by atoms with Crippen LogP contribution in [-0.4, -0.2) is 19.5 Å². The van der Waals surface area contributed by atoms with Crippen LogP contribution in [-0.2, 0) is 8.40 Å². The SMILES string of the molecule is COB(O)OBr. The molecule has 0 atom stereocenters. The summed E-state index contributed by atoms with van der Waals surface area (Å²) >= 11 is 2.50. The molecule has 36 valence electrons. The Hall–Kier alpha value is 0.425. The Morgan fingerprint density at radius 3 is 2.33 bits per heavy atom. The molecule has 0 heterocycles. The molecular weight excluding hydrogens is 151 g/mol. The lowest BCUT2D eigenvalue weighted by Crippen LogP contribution is -2.14. The van der Waals surface area contributed by atoms with Crippen molar-refractivity contribution >= 4 is 23.6 Å². The van der Waals surface area contributed by atoms with Gasteiger partial charge in [-0.3, -0.25) is 0 Å². The molecule has 0 aliphatic heterocycles.